The van der Waals surface area contributed by atoms with Crippen LogP contribution in [0.3, 0.4) is 0 Å². The predicted molar refractivity (Wildman–Crippen MR) is 105 cm³/mol. The van der Waals surface area contributed by atoms with Crippen LogP contribution in [-0.2, 0) is 9.59 Å². The van der Waals surface area contributed by atoms with Gasteiger partial charge in [0.1, 0.15) is 0 Å². The smallest absolute Gasteiger partial charge is 0.303 e. The number of carbonyl (C=O) groups is 2. The van der Waals surface area contributed by atoms with E-state index in [0.29, 0.717) is 17.9 Å². The van der Waals surface area contributed by atoms with E-state index < -0.39 is 5.97 Å². The Morgan fingerprint density at radius 2 is 1.78 bits per heavy atom. The molecule has 0 fully saturated rings. The highest BCUT2D eigenvalue weighted by Crippen LogP contribution is 2.34. The first-order chi connectivity index (χ1) is 12.9. The van der Waals surface area contributed by atoms with Crippen molar-refractivity contribution in [2.75, 3.05) is 0 Å². The van der Waals surface area contributed by atoms with Crippen LogP contribution in [0.25, 0.3) is 0 Å². The van der Waals surface area contributed by atoms with Crippen LogP contribution >= 0.6 is 11.6 Å². The summed E-state index contributed by atoms with van der Waals surface area (Å²) in [5, 5.41) is 15.5. The number of nitrogens with zero attached hydrogens (tertiary/aromatic N) is 2. The van der Waals surface area contributed by atoms with Crippen LogP contribution in [0.4, 0.5) is 0 Å². The summed E-state index contributed by atoms with van der Waals surface area (Å²) < 4.78 is 0. The Hall–Kier alpha value is -2.66. The monoisotopic (exact) mass is 384 g/mol. The second kappa shape index (κ2) is 8.35. The highest BCUT2D eigenvalue weighted by molar-refractivity contribution is 6.30. The second-order valence-corrected chi connectivity index (χ2v) is 7.11. The van der Waals surface area contributed by atoms with Gasteiger partial charge < -0.3 is 5.11 Å². The van der Waals surface area contributed by atoms with E-state index in [0.717, 1.165) is 22.4 Å². The highest BCUT2D eigenvalue weighted by Gasteiger charge is 2.32. The summed E-state index contributed by atoms with van der Waals surface area (Å²) in [4.78, 5) is 23.4. The molecule has 6 heteroatoms. The Morgan fingerprint density at radius 3 is 2.41 bits per heavy atom. The molecule has 0 unspecified atom stereocenters. The third-order valence-electron chi connectivity index (χ3n) is 4.59. The molecule has 2 aromatic rings. The summed E-state index contributed by atoms with van der Waals surface area (Å²) in [5.41, 5.74) is 3.95. The minimum absolute atomic E-state index is 0.0281. The lowest BCUT2D eigenvalue weighted by Crippen LogP contribution is -2.27. The molecule has 0 aliphatic carbocycles. The zero-order valence-electron chi connectivity index (χ0n) is 15.1. The number of carboxylic acids is 1. The molecule has 0 bridgehead atoms. The number of amides is 1. The van der Waals surface area contributed by atoms with Gasteiger partial charge in [0.2, 0.25) is 5.91 Å². The molecule has 1 amide bonds. The summed E-state index contributed by atoms with van der Waals surface area (Å²) in [6.07, 6.45) is 1.03. The Bertz CT molecular complexity index is 860. The highest BCUT2D eigenvalue weighted by atomic mass is 35.5. The van der Waals surface area contributed by atoms with Crippen LogP contribution in [0.5, 0.6) is 0 Å². The van der Waals surface area contributed by atoms with Crippen molar-refractivity contribution in [2.24, 2.45) is 5.10 Å². The number of rotatable bonds is 6. The summed E-state index contributed by atoms with van der Waals surface area (Å²) in [6.45, 7) is 2.02. The summed E-state index contributed by atoms with van der Waals surface area (Å²) >= 11 is 5.99. The topological polar surface area (TPSA) is 70.0 Å². The van der Waals surface area contributed by atoms with Crippen molar-refractivity contribution in [3.8, 4) is 0 Å². The first-order valence-electron chi connectivity index (χ1n) is 8.88. The third kappa shape index (κ3) is 4.74. The van der Waals surface area contributed by atoms with E-state index in [4.69, 9.17) is 16.7 Å². The number of hydrazone groups is 1. The number of hydrogen-bond donors (Lipinski definition) is 1. The minimum atomic E-state index is -0.901. The lowest BCUT2D eigenvalue weighted by atomic mass is 9.98. The van der Waals surface area contributed by atoms with E-state index in [9.17, 15) is 9.59 Å². The lowest BCUT2D eigenvalue weighted by molar-refractivity contribution is -0.137. The maximum Gasteiger partial charge on any atom is 0.303 e. The molecule has 0 spiro atoms. The fourth-order valence-corrected chi connectivity index (χ4v) is 3.24. The molecule has 3 rings (SSSR count). The minimum Gasteiger partial charge on any atom is -0.481 e. The van der Waals surface area contributed by atoms with Gasteiger partial charge in [-0.3, -0.25) is 9.59 Å². The molecule has 0 aromatic heterocycles. The number of carbonyl (C=O) groups excluding carboxylic acids is 1. The van der Waals surface area contributed by atoms with E-state index in [1.807, 2.05) is 43.3 Å². The van der Waals surface area contributed by atoms with E-state index in [1.54, 1.807) is 12.1 Å². The van der Waals surface area contributed by atoms with Crippen molar-refractivity contribution >= 4 is 29.2 Å². The van der Waals surface area contributed by atoms with Gasteiger partial charge in [0, 0.05) is 24.3 Å². The average molecular weight is 385 g/mol. The molecule has 140 valence electrons. The van der Waals surface area contributed by atoms with Gasteiger partial charge >= 0.3 is 5.97 Å². The van der Waals surface area contributed by atoms with Crippen LogP contribution in [0.15, 0.2) is 53.6 Å². The van der Waals surface area contributed by atoms with Crippen molar-refractivity contribution in [1.82, 2.24) is 5.01 Å². The van der Waals surface area contributed by atoms with Gasteiger partial charge in [-0.25, -0.2) is 5.01 Å². The zero-order chi connectivity index (χ0) is 19.4. The first-order valence-corrected chi connectivity index (χ1v) is 9.25. The molecule has 0 saturated carbocycles. The Balaban J connectivity index is 1.85. The molecule has 27 heavy (non-hydrogen) atoms. The summed E-state index contributed by atoms with van der Waals surface area (Å²) in [5.74, 6) is -1.07. The van der Waals surface area contributed by atoms with Crippen molar-refractivity contribution in [2.45, 2.75) is 38.6 Å². The standard InChI is InChI=1S/C21H21ClN2O3/c1-14-5-7-15(8-6-14)18-13-19(16-9-11-17(22)12-10-16)24(23-18)20(25)3-2-4-21(26)27/h5-12,19H,2-4,13H2,1H3,(H,26,27)/t19-/m0/s1. The van der Waals surface area contributed by atoms with Gasteiger partial charge in [0.25, 0.3) is 0 Å². The Morgan fingerprint density at radius 1 is 1.11 bits per heavy atom. The van der Waals surface area contributed by atoms with Crippen LogP contribution in [-0.4, -0.2) is 27.7 Å². The number of halogens is 1. The Labute approximate surface area is 163 Å². The maximum absolute atomic E-state index is 12.7. The predicted octanol–water partition coefficient (Wildman–Crippen LogP) is 4.58. The molecule has 1 heterocycles. The SMILES string of the molecule is Cc1ccc(C2=NN(C(=O)CCCC(=O)O)[C@H](c3ccc(Cl)cc3)C2)cc1. The fraction of sp³-hybridized carbons (Fsp3) is 0.286. The van der Waals surface area contributed by atoms with Crippen molar-refractivity contribution in [3.63, 3.8) is 0 Å². The quantitative estimate of drug-likeness (QED) is 0.792. The molecule has 1 aliphatic rings. The number of aryl methyl sites for hydroxylation is 1. The van der Waals surface area contributed by atoms with E-state index >= 15 is 0 Å². The molecule has 1 atom stereocenters. The molecule has 2 aromatic carbocycles. The molecule has 0 saturated heterocycles. The third-order valence-corrected chi connectivity index (χ3v) is 4.84. The molecule has 5 nitrogen and oxygen atoms in total. The molecule has 1 N–H and O–H groups in total. The molecular formula is C21H21ClN2O3. The number of aliphatic carboxylic acids is 1. The fourth-order valence-electron chi connectivity index (χ4n) is 3.11. The van der Waals surface area contributed by atoms with Gasteiger partial charge in [0.05, 0.1) is 11.8 Å². The molecule has 1 aliphatic heterocycles. The molecular weight excluding hydrogens is 364 g/mol. The van der Waals surface area contributed by atoms with Crippen LogP contribution < -0.4 is 0 Å². The lowest BCUT2D eigenvalue weighted by Gasteiger charge is -2.22. The van der Waals surface area contributed by atoms with Crippen LogP contribution in [0.1, 0.15) is 48.4 Å². The van der Waals surface area contributed by atoms with Gasteiger partial charge in [-0.05, 0) is 36.6 Å². The van der Waals surface area contributed by atoms with Gasteiger partial charge in [-0.1, -0.05) is 53.6 Å². The summed E-state index contributed by atoms with van der Waals surface area (Å²) in [6, 6.07) is 15.2. The molecule has 0 radical (unpaired) electrons. The van der Waals surface area contributed by atoms with Crippen molar-refractivity contribution in [3.05, 3.63) is 70.2 Å². The van der Waals surface area contributed by atoms with E-state index in [2.05, 4.69) is 5.10 Å². The number of hydrogen-bond acceptors (Lipinski definition) is 3. The van der Waals surface area contributed by atoms with Gasteiger partial charge in [0.15, 0.2) is 0 Å². The first kappa shape index (κ1) is 19.1. The zero-order valence-corrected chi connectivity index (χ0v) is 15.8. The van der Waals surface area contributed by atoms with Gasteiger partial charge in [-0.15, -0.1) is 0 Å². The normalized spacial score (nSPS) is 16.3. The van der Waals surface area contributed by atoms with Crippen LogP contribution in [0.2, 0.25) is 5.02 Å². The second-order valence-electron chi connectivity index (χ2n) is 6.67. The van der Waals surface area contributed by atoms with E-state index in [1.165, 1.54) is 5.01 Å². The summed E-state index contributed by atoms with van der Waals surface area (Å²) in [7, 11) is 0. The van der Waals surface area contributed by atoms with Crippen LogP contribution in [0, 0.1) is 6.92 Å². The number of carboxylic acid groups (broad SMARTS) is 1. The Kier molecular flexibility index (Phi) is 5.91. The maximum atomic E-state index is 12.7. The van der Waals surface area contributed by atoms with Crippen molar-refractivity contribution < 1.29 is 14.7 Å². The number of benzene rings is 2. The average Bonchev–Trinajstić information content (AvgIpc) is 3.08. The van der Waals surface area contributed by atoms with E-state index in [-0.39, 0.29) is 24.8 Å². The largest absolute Gasteiger partial charge is 0.481 e. The van der Waals surface area contributed by atoms with Gasteiger partial charge in [-0.2, -0.15) is 5.10 Å². The van der Waals surface area contributed by atoms with Crippen molar-refractivity contribution in [1.29, 1.82) is 0 Å².